The highest BCUT2D eigenvalue weighted by Gasteiger charge is 2.33. The van der Waals surface area contributed by atoms with Crippen LogP contribution < -0.4 is 0 Å². The molecule has 1 fully saturated rings. The van der Waals surface area contributed by atoms with Gasteiger partial charge in [0.1, 0.15) is 5.82 Å². The van der Waals surface area contributed by atoms with E-state index in [2.05, 4.69) is 29.2 Å². The van der Waals surface area contributed by atoms with Crippen LogP contribution in [-0.2, 0) is 27.6 Å². The second kappa shape index (κ2) is 9.77. The molecule has 0 amide bonds. The molecule has 1 aliphatic carbocycles. The molecular weight excluding hydrogens is 415 g/mol. The van der Waals surface area contributed by atoms with Crippen molar-refractivity contribution in [3.8, 4) is 0 Å². The number of sulfonamides is 1. The number of likely N-dealkylation sites (tertiary alicyclic amines) is 1. The second-order valence-electron chi connectivity index (χ2n) is 8.64. The Morgan fingerprint density at radius 2 is 1.77 bits per heavy atom. The van der Waals surface area contributed by atoms with E-state index < -0.39 is 15.8 Å². The van der Waals surface area contributed by atoms with E-state index in [0.29, 0.717) is 25.7 Å². The number of piperidine rings is 1. The van der Waals surface area contributed by atoms with Gasteiger partial charge in [-0.2, -0.15) is 4.31 Å². The Balaban J connectivity index is 1.45. The molecular formula is C24H31FN2O3S. The van der Waals surface area contributed by atoms with Gasteiger partial charge in [-0.25, -0.2) is 12.8 Å². The number of rotatable bonds is 8. The van der Waals surface area contributed by atoms with E-state index in [1.807, 2.05) is 0 Å². The topological polar surface area (TPSA) is 49.9 Å². The van der Waals surface area contributed by atoms with Crippen LogP contribution in [0.15, 0.2) is 53.4 Å². The lowest BCUT2D eigenvalue weighted by Crippen LogP contribution is -2.47. The van der Waals surface area contributed by atoms with E-state index in [1.165, 1.54) is 39.7 Å². The van der Waals surface area contributed by atoms with Gasteiger partial charge in [-0.3, -0.25) is 4.90 Å². The molecule has 2 aromatic carbocycles. The minimum absolute atomic E-state index is 0.129. The van der Waals surface area contributed by atoms with Crippen molar-refractivity contribution >= 4 is 10.0 Å². The minimum Gasteiger partial charge on any atom is -0.383 e. The van der Waals surface area contributed by atoms with Crippen molar-refractivity contribution in [3.63, 3.8) is 0 Å². The molecule has 0 bridgehead atoms. The van der Waals surface area contributed by atoms with E-state index >= 15 is 0 Å². The average molecular weight is 447 g/mol. The zero-order valence-corrected chi connectivity index (χ0v) is 18.9. The van der Waals surface area contributed by atoms with Crippen molar-refractivity contribution in [2.75, 3.05) is 39.9 Å². The summed E-state index contributed by atoms with van der Waals surface area (Å²) in [6.07, 6.45) is 4.24. The largest absolute Gasteiger partial charge is 0.383 e. The third-order valence-corrected chi connectivity index (χ3v) is 8.43. The maximum Gasteiger partial charge on any atom is 0.243 e. The first-order valence-corrected chi connectivity index (χ1v) is 12.5. The zero-order chi connectivity index (χ0) is 21.8. The van der Waals surface area contributed by atoms with Crippen LogP contribution in [0.3, 0.4) is 0 Å². The number of ether oxygens (including phenoxy) is 1. The van der Waals surface area contributed by atoms with Crippen molar-refractivity contribution in [2.45, 2.75) is 36.6 Å². The maximum absolute atomic E-state index is 13.3. The first-order valence-electron chi connectivity index (χ1n) is 11.0. The predicted octanol–water partition coefficient (Wildman–Crippen LogP) is 3.34. The number of methoxy groups -OCH3 is 1. The van der Waals surface area contributed by atoms with Gasteiger partial charge in [0.25, 0.3) is 0 Å². The van der Waals surface area contributed by atoms with Gasteiger partial charge < -0.3 is 4.74 Å². The molecule has 0 spiro atoms. The smallest absolute Gasteiger partial charge is 0.243 e. The van der Waals surface area contributed by atoms with Crippen LogP contribution in [0.4, 0.5) is 4.39 Å². The Bertz CT molecular complexity index is 956. The fourth-order valence-electron chi connectivity index (χ4n) is 4.92. The molecule has 0 N–H and O–H groups in total. The molecule has 1 heterocycles. The first kappa shape index (κ1) is 22.4. The predicted molar refractivity (Wildman–Crippen MR) is 119 cm³/mol. The molecule has 1 saturated heterocycles. The van der Waals surface area contributed by atoms with Gasteiger partial charge in [0.15, 0.2) is 0 Å². The van der Waals surface area contributed by atoms with Crippen molar-refractivity contribution in [1.29, 1.82) is 0 Å². The summed E-state index contributed by atoms with van der Waals surface area (Å²) in [7, 11) is -2.13. The molecule has 1 unspecified atom stereocenters. The highest BCUT2D eigenvalue weighted by molar-refractivity contribution is 7.89. The molecule has 0 radical (unpaired) electrons. The molecule has 1 aliphatic heterocycles. The van der Waals surface area contributed by atoms with E-state index in [0.717, 1.165) is 38.8 Å². The normalized spacial score (nSPS) is 20.3. The molecule has 168 valence electrons. The van der Waals surface area contributed by atoms with Gasteiger partial charge >= 0.3 is 0 Å². The number of benzene rings is 2. The van der Waals surface area contributed by atoms with Crippen molar-refractivity contribution < 1.29 is 17.5 Å². The van der Waals surface area contributed by atoms with Crippen LogP contribution in [0.2, 0.25) is 0 Å². The number of fused-ring (bicyclic) bond motifs is 1. The molecule has 5 nitrogen and oxygen atoms in total. The second-order valence-corrected chi connectivity index (χ2v) is 10.6. The molecule has 0 aromatic heterocycles. The Hall–Kier alpha value is -1.80. The summed E-state index contributed by atoms with van der Waals surface area (Å²) in [5, 5.41) is 0. The SMILES string of the molecule is COCCN(CC1CCCN(C2Cc3ccccc3C2)C1)S(=O)(=O)c1ccc(F)cc1. The van der Waals surface area contributed by atoms with Crippen molar-refractivity contribution in [3.05, 3.63) is 65.5 Å². The summed E-state index contributed by atoms with van der Waals surface area (Å²) < 4.78 is 46.5. The number of nitrogens with zero attached hydrogens (tertiary/aromatic N) is 2. The minimum atomic E-state index is -3.70. The summed E-state index contributed by atoms with van der Waals surface area (Å²) in [6.45, 7) is 3.05. The van der Waals surface area contributed by atoms with Gasteiger partial charge in [-0.05, 0) is 73.5 Å². The van der Waals surface area contributed by atoms with Crippen LogP contribution in [0.25, 0.3) is 0 Å². The molecule has 1 atom stereocenters. The van der Waals surface area contributed by atoms with Crippen molar-refractivity contribution in [2.24, 2.45) is 5.92 Å². The lowest BCUT2D eigenvalue weighted by molar-refractivity contribution is 0.109. The van der Waals surface area contributed by atoms with Crippen LogP contribution >= 0.6 is 0 Å². The molecule has 31 heavy (non-hydrogen) atoms. The average Bonchev–Trinajstić information content (AvgIpc) is 3.21. The molecule has 0 saturated carbocycles. The van der Waals surface area contributed by atoms with Crippen LogP contribution in [-0.4, -0.2) is 63.6 Å². The summed E-state index contributed by atoms with van der Waals surface area (Å²) in [5.41, 5.74) is 2.88. The third-order valence-electron chi connectivity index (χ3n) is 6.55. The third kappa shape index (κ3) is 5.17. The Morgan fingerprint density at radius 1 is 1.10 bits per heavy atom. The Kier molecular flexibility index (Phi) is 7.06. The van der Waals surface area contributed by atoms with E-state index in [4.69, 9.17) is 4.74 Å². The number of halogens is 1. The number of hydrogen-bond donors (Lipinski definition) is 0. The monoisotopic (exact) mass is 446 g/mol. The first-order chi connectivity index (χ1) is 15.0. The summed E-state index contributed by atoms with van der Waals surface area (Å²) in [4.78, 5) is 2.68. The van der Waals surface area contributed by atoms with Gasteiger partial charge in [-0.1, -0.05) is 24.3 Å². The molecule has 2 aromatic rings. The van der Waals surface area contributed by atoms with Crippen LogP contribution in [0, 0.1) is 11.7 Å². The summed E-state index contributed by atoms with van der Waals surface area (Å²) in [5.74, 6) is -0.174. The fourth-order valence-corrected chi connectivity index (χ4v) is 6.42. The Morgan fingerprint density at radius 3 is 2.42 bits per heavy atom. The van der Waals surface area contributed by atoms with Crippen LogP contribution in [0.5, 0.6) is 0 Å². The van der Waals surface area contributed by atoms with Gasteiger partial charge in [-0.15, -0.1) is 0 Å². The molecule has 2 aliphatic rings. The van der Waals surface area contributed by atoms with Gasteiger partial charge in [0.2, 0.25) is 10.0 Å². The Labute approximate surface area is 184 Å². The summed E-state index contributed by atoms with van der Waals surface area (Å²) in [6, 6.07) is 14.2. The quantitative estimate of drug-likeness (QED) is 0.624. The highest BCUT2D eigenvalue weighted by atomic mass is 32.2. The standard InChI is InChI=1S/C24H31FN2O3S/c1-30-14-13-27(31(28,29)24-10-8-22(25)9-11-24)18-19-5-4-12-26(17-19)23-15-20-6-2-3-7-21(20)16-23/h2-3,6-11,19,23H,4-5,12-18H2,1H3. The van der Waals surface area contributed by atoms with E-state index in [-0.39, 0.29) is 10.8 Å². The lowest BCUT2D eigenvalue weighted by Gasteiger charge is -2.38. The van der Waals surface area contributed by atoms with Gasteiger partial charge in [0.05, 0.1) is 11.5 Å². The van der Waals surface area contributed by atoms with Crippen LogP contribution in [0.1, 0.15) is 24.0 Å². The zero-order valence-electron chi connectivity index (χ0n) is 18.0. The van der Waals surface area contributed by atoms with E-state index in [9.17, 15) is 12.8 Å². The van der Waals surface area contributed by atoms with E-state index in [1.54, 1.807) is 7.11 Å². The molecule has 7 heteroatoms. The van der Waals surface area contributed by atoms with Crippen molar-refractivity contribution in [1.82, 2.24) is 9.21 Å². The highest BCUT2D eigenvalue weighted by Crippen LogP contribution is 2.29. The molecule has 4 rings (SSSR count). The van der Waals surface area contributed by atoms with Gasteiger partial charge in [0, 0.05) is 32.8 Å². The maximum atomic E-state index is 13.3. The number of hydrogen-bond acceptors (Lipinski definition) is 4. The fraction of sp³-hybridized carbons (Fsp3) is 0.500. The lowest BCUT2D eigenvalue weighted by atomic mass is 9.96. The summed E-state index contributed by atoms with van der Waals surface area (Å²) >= 11 is 0.